The minimum atomic E-state index is -0.690. The van der Waals surface area contributed by atoms with Gasteiger partial charge in [0, 0.05) is 23.8 Å². The van der Waals surface area contributed by atoms with E-state index >= 15 is 0 Å². The second kappa shape index (κ2) is 8.76. The number of imide groups is 1. The first-order chi connectivity index (χ1) is 15.4. The van der Waals surface area contributed by atoms with Crippen LogP contribution in [0.25, 0.3) is 11.8 Å². The number of carbonyl (C=O) groups is 3. The topological polar surface area (TPSA) is 92.7 Å². The second-order valence-corrected chi connectivity index (χ2v) is 6.98. The second-order valence-electron chi connectivity index (χ2n) is 6.98. The first-order valence-electron chi connectivity index (χ1n) is 9.65. The van der Waals surface area contributed by atoms with Crippen molar-refractivity contribution < 1.29 is 23.5 Å². The summed E-state index contributed by atoms with van der Waals surface area (Å²) < 4.78 is 20.0. The highest BCUT2D eigenvalue weighted by atomic mass is 19.1. The van der Waals surface area contributed by atoms with E-state index in [1.807, 2.05) is 35.0 Å². The highest BCUT2D eigenvalue weighted by Crippen LogP contribution is 2.19. The number of anilines is 1. The van der Waals surface area contributed by atoms with Crippen molar-refractivity contribution in [3.63, 3.8) is 0 Å². The van der Waals surface area contributed by atoms with Crippen LogP contribution < -0.4 is 15.4 Å². The number of benzene rings is 2. The van der Waals surface area contributed by atoms with Crippen molar-refractivity contribution in [2.75, 3.05) is 19.0 Å². The van der Waals surface area contributed by atoms with E-state index in [1.54, 1.807) is 19.4 Å². The summed E-state index contributed by atoms with van der Waals surface area (Å²) in [7, 11) is 1.59. The molecule has 32 heavy (non-hydrogen) atoms. The van der Waals surface area contributed by atoms with Gasteiger partial charge in [-0.2, -0.15) is 0 Å². The minimum absolute atomic E-state index is 0.0667. The summed E-state index contributed by atoms with van der Waals surface area (Å²) in [5, 5.41) is 5.01. The molecule has 0 saturated carbocycles. The number of urea groups is 1. The van der Waals surface area contributed by atoms with Gasteiger partial charge in [0.2, 0.25) is 5.91 Å². The van der Waals surface area contributed by atoms with Crippen LogP contribution >= 0.6 is 0 Å². The van der Waals surface area contributed by atoms with Gasteiger partial charge in [0.25, 0.3) is 5.91 Å². The molecule has 0 bridgehead atoms. The lowest BCUT2D eigenvalue weighted by Crippen LogP contribution is -2.38. The van der Waals surface area contributed by atoms with Gasteiger partial charge in [0.15, 0.2) is 0 Å². The zero-order valence-electron chi connectivity index (χ0n) is 17.0. The van der Waals surface area contributed by atoms with Gasteiger partial charge in [0.1, 0.15) is 23.8 Å². The zero-order chi connectivity index (χ0) is 22.7. The van der Waals surface area contributed by atoms with Crippen molar-refractivity contribution in [1.82, 2.24) is 14.8 Å². The number of nitrogens with one attached hydrogen (secondary N) is 2. The Morgan fingerprint density at radius 3 is 2.50 bits per heavy atom. The minimum Gasteiger partial charge on any atom is -0.497 e. The maximum atomic E-state index is 13.0. The molecule has 1 aliphatic heterocycles. The summed E-state index contributed by atoms with van der Waals surface area (Å²) in [5.74, 6) is -0.882. The third-order valence-electron chi connectivity index (χ3n) is 4.79. The predicted octanol–water partition coefficient (Wildman–Crippen LogP) is 3.16. The monoisotopic (exact) mass is 434 g/mol. The highest BCUT2D eigenvalue weighted by molar-refractivity contribution is 6.15. The maximum Gasteiger partial charge on any atom is 0.329 e. The molecular weight excluding hydrogens is 415 g/mol. The highest BCUT2D eigenvalue weighted by Gasteiger charge is 2.34. The third-order valence-corrected chi connectivity index (χ3v) is 4.79. The van der Waals surface area contributed by atoms with Crippen LogP contribution in [0, 0.1) is 5.82 Å². The standard InChI is InChI=1S/C23H19FN4O4/c1-32-19-8-6-18(7-9-19)27-11-10-15(13-27)12-20-22(30)28(23(31)26-20)14-21(29)25-17-4-2-16(24)3-5-17/h2-13H,14H2,1H3,(H,25,29)(H,26,31)/b20-12+. The fourth-order valence-electron chi connectivity index (χ4n) is 3.17. The van der Waals surface area contributed by atoms with Crippen molar-refractivity contribution >= 4 is 29.6 Å². The van der Waals surface area contributed by atoms with E-state index in [2.05, 4.69) is 10.6 Å². The third kappa shape index (κ3) is 4.51. The van der Waals surface area contributed by atoms with Crippen LogP contribution in [0.1, 0.15) is 5.56 Å². The van der Waals surface area contributed by atoms with Crippen LogP contribution in [0.15, 0.2) is 72.7 Å². The van der Waals surface area contributed by atoms with Gasteiger partial charge in [-0.05, 0) is 66.2 Å². The quantitative estimate of drug-likeness (QED) is 0.461. The molecule has 2 aromatic carbocycles. The van der Waals surface area contributed by atoms with Gasteiger partial charge in [-0.25, -0.2) is 14.1 Å². The number of carbonyl (C=O) groups excluding carboxylic acids is 3. The van der Waals surface area contributed by atoms with Crippen molar-refractivity contribution in [3.8, 4) is 11.4 Å². The van der Waals surface area contributed by atoms with Crippen molar-refractivity contribution in [3.05, 3.63) is 84.1 Å². The average Bonchev–Trinajstić information content (AvgIpc) is 3.36. The molecule has 0 unspecified atom stereocenters. The Balaban J connectivity index is 1.43. The Morgan fingerprint density at radius 2 is 1.81 bits per heavy atom. The molecule has 3 aromatic rings. The predicted molar refractivity (Wildman–Crippen MR) is 116 cm³/mol. The van der Waals surface area contributed by atoms with Gasteiger partial charge < -0.3 is 19.9 Å². The van der Waals surface area contributed by atoms with Gasteiger partial charge >= 0.3 is 6.03 Å². The molecule has 0 radical (unpaired) electrons. The molecule has 0 aliphatic carbocycles. The van der Waals surface area contributed by atoms with Crippen LogP contribution in [0.4, 0.5) is 14.9 Å². The van der Waals surface area contributed by atoms with Crippen LogP contribution in [0.2, 0.25) is 0 Å². The Hall–Kier alpha value is -4.40. The smallest absolute Gasteiger partial charge is 0.329 e. The number of methoxy groups -OCH3 is 1. The van der Waals surface area contributed by atoms with E-state index in [0.717, 1.165) is 16.3 Å². The lowest BCUT2D eigenvalue weighted by atomic mass is 10.2. The normalized spacial score (nSPS) is 14.6. The number of rotatable bonds is 6. The number of nitrogens with zero attached hydrogens (tertiary/aromatic N) is 2. The Bertz CT molecular complexity index is 1200. The van der Waals surface area contributed by atoms with Crippen molar-refractivity contribution in [1.29, 1.82) is 0 Å². The summed E-state index contributed by atoms with van der Waals surface area (Å²) in [6, 6.07) is 13.7. The lowest BCUT2D eigenvalue weighted by Gasteiger charge is -2.11. The molecule has 2 heterocycles. The summed E-state index contributed by atoms with van der Waals surface area (Å²) in [5.41, 5.74) is 2.02. The molecule has 8 nitrogen and oxygen atoms in total. The zero-order valence-corrected chi connectivity index (χ0v) is 17.0. The number of halogens is 1. The first kappa shape index (κ1) is 20.9. The molecule has 162 valence electrons. The number of ether oxygens (including phenoxy) is 1. The lowest BCUT2D eigenvalue weighted by molar-refractivity contribution is -0.127. The molecular formula is C23H19FN4O4. The fourth-order valence-corrected chi connectivity index (χ4v) is 3.17. The Morgan fingerprint density at radius 1 is 1.09 bits per heavy atom. The van der Waals surface area contributed by atoms with Crippen LogP contribution in [0.5, 0.6) is 5.75 Å². The number of amides is 4. The van der Waals surface area contributed by atoms with Gasteiger partial charge in [0.05, 0.1) is 7.11 Å². The molecule has 4 rings (SSSR count). The van der Waals surface area contributed by atoms with E-state index < -0.39 is 30.2 Å². The largest absolute Gasteiger partial charge is 0.497 e. The fraction of sp³-hybridized carbons (Fsp3) is 0.0870. The van der Waals surface area contributed by atoms with Gasteiger partial charge in [-0.3, -0.25) is 9.59 Å². The molecule has 1 saturated heterocycles. The Labute approximate surface area is 182 Å². The summed E-state index contributed by atoms with van der Waals surface area (Å²) >= 11 is 0. The van der Waals surface area contributed by atoms with E-state index in [0.29, 0.717) is 11.3 Å². The van der Waals surface area contributed by atoms with Crippen LogP contribution in [-0.2, 0) is 9.59 Å². The van der Waals surface area contributed by atoms with E-state index in [-0.39, 0.29) is 5.70 Å². The van der Waals surface area contributed by atoms with Gasteiger partial charge in [-0.1, -0.05) is 0 Å². The van der Waals surface area contributed by atoms with Crippen LogP contribution in [-0.4, -0.2) is 41.0 Å². The molecule has 0 atom stereocenters. The summed E-state index contributed by atoms with van der Waals surface area (Å²) in [6.07, 6.45) is 5.17. The maximum absolute atomic E-state index is 13.0. The number of hydrogen-bond acceptors (Lipinski definition) is 4. The number of aromatic nitrogens is 1. The SMILES string of the molecule is COc1ccc(-n2ccc(/C=C3/NC(=O)N(CC(=O)Nc4ccc(F)cc4)C3=O)c2)cc1. The first-order valence-corrected chi connectivity index (χ1v) is 9.65. The molecule has 1 aromatic heterocycles. The van der Waals surface area contributed by atoms with Crippen LogP contribution in [0.3, 0.4) is 0 Å². The molecule has 1 aliphatic rings. The number of hydrogen-bond donors (Lipinski definition) is 2. The summed E-state index contributed by atoms with van der Waals surface area (Å²) in [6.45, 7) is -0.466. The van der Waals surface area contributed by atoms with Crippen molar-refractivity contribution in [2.24, 2.45) is 0 Å². The average molecular weight is 434 g/mol. The molecule has 2 N–H and O–H groups in total. The van der Waals surface area contributed by atoms with E-state index in [9.17, 15) is 18.8 Å². The van der Waals surface area contributed by atoms with E-state index in [1.165, 1.54) is 30.3 Å². The summed E-state index contributed by atoms with van der Waals surface area (Å²) in [4.78, 5) is 37.9. The molecule has 0 spiro atoms. The molecule has 4 amide bonds. The molecule has 9 heteroatoms. The van der Waals surface area contributed by atoms with Crippen molar-refractivity contribution in [2.45, 2.75) is 0 Å². The Kier molecular flexibility index (Phi) is 5.71. The molecule has 1 fully saturated rings. The van der Waals surface area contributed by atoms with Gasteiger partial charge in [-0.15, -0.1) is 0 Å². The van der Waals surface area contributed by atoms with E-state index in [4.69, 9.17) is 4.74 Å².